The molecule has 1 unspecified atom stereocenters. The molecule has 5 rings (SSSR count). The highest BCUT2D eigenvalue weighted by Crippen LogP contribution is 2.39. The molecule has 0 aromatic heterocycles. The van der Waals surface area contributed by atoms with Crippen molar-refractivity contribution >= 4 is 52.4 Å². The first-order valence-corrected chi connectivity index (χ1v) is 17.1. The number of alkyl carbamates (subject to hydrolysis) is 1. The average Bonchev–Trinajstić information content (AvgIpc) is 3.92. The number of amides is 2. The van der Waals surface area contributed by atoms with Gasteiger partial charge in [-0.05, 0) is 84.3 Å². The molecule has 9 nitrogen and oxygen atoms in total. The van der Waals surface area contributed by atoms with Crippen LogP contribution in [0.2, 0.25) is 15.1 Å². The van der Waals surface area contributed by atoms with Crippen LogP contribution < -0.4 is 20.1 Å². The molecule has 3 N–H and O–H groups in total. The number of aliphatic hydroxyl groups excluding tert-OH is 1. The molecule has 0 bridgehead atoms. The number of rotatable bonds is 14. The minimum absolute atomic E-state index is 0.166. The molecule has 1 saturated carbocycles. The number of aliphatic hydroxyl groups is 1. The van der Waals surface area contributed by atoms with Crippen molar-refractivity contribution in [3.8, 4) is 11.5 Å². The Labute approximate surface area is 296 Å². The second-order valence-corrected chi connectivity index (χ2v) is 13.1. The van der Waals surface area contributed by atoms with E-state index in [4.69, 9.17) is 49.0 Å². The lowest BCUT2D eigenvalue weighted by Gasteiger charge is -2.38. The third-order valence-electron chi connectivity index (χ3n) is 8.43. The van der Waals surface area contributed by atoms with Crippen molar-refractivity contribution in [1.82, 2.24) is 15.5 Å². The number of nitrogens with zero attached hydrogens (tertiary/aromatic N) is 1. The number of ether oxygens (including phenoxy) is 3. The highest BCUT2D eigenvalue weighted by atomic mass is 35.5. The summed E-state index contributed by atoms with van der Waals surface area (Å²) in [5.74, 6) is 0.836. The van der Waals surface area contributed by atoms with Gasteiger partial charge in [-0.15, -0.1) is 0 Å². The Morgan fingerprint density at radius 3 is 2.31 bits per heavy atom. The normalized spacial score (nSPS) is 16.4. The van der Waals surface area contributed by atoms with E-state index in [1.165, 1.54) is 7.05 Å². The van der Waals surface area contributed by atoms with E-state index >= 15 is 0 Å². The highest BCUT2D eigenvalue weighted by molar-refractivity contribution is 6.37. The number of hydrogen-bond donors (Lipinski definition) is 3. The molecule has 12 heteroatoms. The van der Waals surface area contributed by atoms with Crippen LogP contribution in [0.1, 0.15) is 41.5 Å². The predicted molar refractivity (Wildman–Crippen MR) is 188 cm³/mol. The number of halogens is 3. The third kappa shape index (κ3) is 9.15. The molecule has 2 amide bonds. The molecular formula is C36H40Cl3N3O6. The zero-order valence-electron chi connectivity index (χ0n) is 27.0. The average molecular weight is 717 g/mol. The topological polar surface area (TPSA) is 109 Å². The van der Waals surface area contributed by atoms with Crippen LogP contribution in [0.15, 0.2) is 60.2 Å². The molecular weight excluding hydrogens is 677 g/mol. The van der Waals surface area contributed by atoms with E-state index in [2.05, 4.69) is 15.5 Å². The van der Waals surface area contributed by atoms with Gasteiger partial charge in [0.1, 0.15) is 19.0 Å². The van der Waals surface area contributed by atoms with Gasteiger partial charge in [-0.25, -0.2) is 4.79 Å². The Morgan fingerprint density at radius 1 is 0.938 bits per heavy atom. The van der Waals surface area contributed by atoms with E-state index in [-0.39, 0.29) is 38.9 Å². The van der Waals surface area contributed by atoms with Crippen molar-refractivity contribution in [2.45, 2.75) is 51.2 Å². The molecule has 1 aliphatic heterocycles. The molecule has 0 saturated heterocycles. The Kier molecular flexibility index (Phi) is 12.5. The van der Waals surface area contributed by atoms with Crippen LogP contribution in [0.4, 0.5) is 4.79 Å². The first-order valence-electron chi connectivity index (χ1n) is 16.0. The standard InChI is InChI=1S/C36H40Cl3N3O6/c1-22-17-30(38)34(31(39)18-22)47-16-15-46-27-8-4-24(5-9-27)28-11-13-42(26-6-7-26)32(21-43)33(28)35(44)41-20-25-19-23(3-10-29(25)37)12-14-48-36(45)40-2/h3-5,8-10,17-19,26,32,43H,6-7,11-16,20-21H2,1-2H3,(H,40,45)(H,41,44). The molecule has 48 heavy (non-hydrogen) atoms. The van der Waals surface area contributed by atoms with Crippen molar-refractivity contribution in [2.75, 3.05) is 40.0 Å². The van der Waals surface area contributed by atoms with E-state index in [0.29, 0.717) is 51.0 Å². The van der Waals surface area contributed by atoms with Crippen molar-refractivity contribution in [3.63, 3.8) is 0 Å². The highest BCUT2D eigenvalue weighted by Gasteiger charge is 2.40. The van der Waals surface area contributed by atoms with Crippen molar-refractivity contribution in [2.24, 2.45) is 0 Å². The molecule has 1 atom stereocenters. The summed E-state index contributed by atoms with van der Waals surface area (Å²) in [4.78, 5) is 27.6. The molecule has 3 aromatic rings. The molecule has 256 valence electrons. The summed E-state index contributed by atoms with van der Waals surface area (Å²) in [7, 11) is 1.51. The molecule has 0 spiro atoms. The lowest BCUT2D eigenvalue weighted by atomic mass is 9.87. The zero-order valence-corrected chi connectivity index (χ0v) is 29.3. The summed E-state index contributed by atoms with van der Waals surface area (Å²) in [6, 6.07) is 16.7. The SMILES string of the molecule is CNC(=O)OCCc1ccc(Cl)c(CNC(=O)C2=C(c3ccc(OCCOc4c(Cl)cc(C)cc4Cl)cc3)CCN(C3CC3)C2CO)c1. The van der Waals surface area contributed by atoms with Crippen LogP contribution in [0.3, 0.4) is 0 Å². The smallest absolute Gasteiger partial charge is 0.406 e. The molecule has 0 radical (unpaired) electrons. The van der Waals surface area contributed by atoms with Gasteiger partial charge in [0, 0.05) is 43.2 Å². The quantitative estimate of drug-likeness (QED) is 0.161. The molecule has 3 aromatic carbocycles. The van der Waals surface area contributed by atoms with Gasteiger partial charge in [0.15, 0.2) is 5.75 Å². The second kappa shape index (κ2) is 16.8. The van der Waals surface area contributed by atoms with Crippen molar-refractivity contribution in [3.05, 3.63) is 97.5 Å². The Bertz CT molecular complexity index is 1620. The van der Waals surface area contributed by atoms with Crippen LogP contribution in [-0.2, 0) is 22.5 Å². The minimum atomic E-state index is -0.492. The molecule has 1 aliphatic carbocycles. The Hall–Kier alpha value is -3.47. The Balaban J connectivity index is 1.27. The molecule has 2 aliphatic rings. The number of aryl methyl sites for hydroxylation is 1. The van der Waals surface area contributed by atoms with Gasteiger partial charge in [-0.2, -0.15) is 0 Å². The van der Waals surface area contributed by atoms with Gasteiger partial charge in [0.25, 0.3) is 0 Å². The maximum absolute atomic E-state index is 13.9. The van der Waals surface area contributed by atoms with E-state index < -0.39 is 12.1 Å². The van der Waals surface area contributed by atoms with Crippen LogP contribution in [0.5, 0.6) is 11.5 Å². The number of hydrogen-bond acceptors (Lipinski definition) is 7. The maximum Gasteiger partial charge on any atom is 0.406 e. The summed E-state index contributed by atoms with van der Waals surface area (Å²) in [6.07, 6.45) is 2.80. The Morgan fingerprint density at radius 2 is 1.65 bits per heavy atom. The van der Waals surface area contributed by atoms with Gasteiger partial charge in [-0.1, -0.05) is 59.1 Å². The lowest BCUT2D eigenvalue weighted by Crippen LogP contribution is -2.48. The van der Waals surface area contributed by atoms with E-state index in [0.717, 1.165) is 47.2 Å². The zero-order chi connectivity index (χ0) is 34.2. The fraction of sp³-hybridized carbons (Fsp3) is 0.389. The summed E-state index contributed by atoms with van der Waals surface area (Å²) < 4.78 is 16.8. The van der Waals surface area contributed by atoms with Gasteiger partial charge in [0.05, 0.1) is 29.3 Å². The number of carbonyl (C=O) groups is 2. The predicted octanol–water partition coefficient (Wildman–Crippen LogP) is 6.61. The van der Waals surface area contributed by atoms with Gasteiger partial charge in [-0.3, -0.25) is 9.69 Å². The number of benzene rings is 3. The first kappa shape index (κ1) is 35.8. The fourth-order valence-corrected chi connectivity index (χ4v) is 6.82. The van der Waals surface area contributed by atoms with Crippen LogP contribution in [0.25, 0.3) is 5.57 Å². The van der Waals surface area contributed by atoms with Crippen LogP contribution >= 0.6 is 34.8 Å². The largest absolute Gasteiger partial charge is 0.490 e. The summed E-state index contributed by atoms with van der Waals surface area (Å²) in [5, 5.41) is 17.5. The third-order valence-corrected chi connectivity index (χ3v) is 9.36. The minimum Gasteiger partial charge on any atom is -0.490 e. The van der Waals surface area contributed by atoms with Gasteiger partial charge in [0.2, 0.25) is 5.91 Å². The van der Waals surface area contributed by atoms with Crippen LogP contribution in [-0.4, -0.2) is 74.1 Å². The molecule has 1 fully saturated rings. The summed E-state index contributed by atoms with van der Waals surface area (Å²) >= 11 is 19.1. The number of nitrogens with one attached hydrogen (secondary N) is 2. The van der Waals surface area contributed by atoms with Crippen molar-refractivity contribution < 1.29 is 28.9 Å². The van der Waals surface area contributed by atoms with Gasteiger partial charge >= 0.3 is 6.09 Å². The summed E-state index contributed by atoms with van der Waals surface area (Å²) in [6.45, 7) is 3.46. The fourth-order valence-electron chi connectivity index (χ4n) is 5.93. The van der Waals surface area contributed by atoms with Crippen LogP contribution in [0, 0.1) is 6.92 Å². The van der Waals surface area contributed by atoms with Crippen molar-refractivity contribution in [1.29, 1.82) is 0 Å². The number of carbonyl (C=O) groups excluding carboxylic acids is 2. The second-order valence-electron chi connectivity index (χ2n) is 11.8. The molecule has 1 heterocycles. The monoisotopic (exact) mass is 715 g/mol. The lowest BCUT2D eigenvalue weighted by molar-refractivity contribution is -0.118. The summed E-state index contributed by atoms with van der Waals surface area (Å²) in [5.41, 5.74) is 4.98. The van der Waals surface area contributed by atoms with E-state index in [1.54, 1.807) is 18.2 Å². The van der Waals surface area contributed by atoms with E-state index in [9.17, 15) is 14.7 Å². The maximum atomic E-state index is 13.9. The first-order chi connectivity index (χ1) is 23.2. The van der Waals surface area contributed by atoms with E-state index in [1.807, 2.05) is 43.3 Å². The van der Waals surface area contributed by atoms with Gasteiger partial charge < -0.3 is 30.0 Å².